The van der Waals surface area contributed by atoms with Crippen LogP contribution < -0.4 is 5.32 Å². The molecule has 1 atom stereocenters. The Kier molecular flexibility index (Phi) is 3.65. The van der Waals surface area contributed by atoms with E-state index in [2.05, 4.69) is 26.6 Å². The fraction of sp³-hybridized carbons (Fsp3) is 0.167. The predicted molar refractivity (Wildman–Crippen MR) is 72.1 cm³/mol. The molecule has 2 N–H and O–H groups in total. The summed E-state index contributed by atoms with van der Waals surface area (Å²) >= 11 is 5.22. The van der Waals surface area contributed by atoms with E-state index < -0.39 is 5.92 Å². The van der Waals surface area contributed by atoms with Gasteiger partial charge in [-0.15, -0.1) is 0 Å². The second-order valence-electron chi connectivity index (χ2n) is 3.70. The van der Waals surface area contributed by atoms with E-state index in [0.717, 1.165) is 5.69 Å². The maximum Gasteiger partial charge on any atom is 0.174 e. The molecule has 0 saturated carbocycles. The number of aromatic nitrogens is 3. The van der Waals surface area contributed by atoms with Gasteiger partial charge in [0.15, 0.2) is 11.7 Å². The molecule has 1 aromatic carbocycles. The zero-order chi connectivity index (χ0) is 13.0. The topological polar surface area (TPSA) is 77.4 Å². The van der Waals surface area contributed by atoms with Crippen molar-refractivity contribution in [3.63, 3.8) is 0 Å². The summed E-state index contributed by atoms with van der Waals surface area (Å²) in [6.07, 6.45) is 0. The van der Waals surface area contributed by atoms with Crippen LogP contribution in [0.1, 0.15) is 17.6 Å². The van der Waals surface area contributed by atoms with E-state index in [1.807, 2.05) is 30.3 Å². The maximum absolute atomic E-state index is 9.17. The molecule has 0 aliphatic carbocycles. The van der Waals surface area contributed by atoms with Crippen LogP contribution in [0.15, 0.2) is 30.3 Å². The summed E-state index contributed by atoms with van der Waals surface area (Å²) in [5.74, 6) is 0.404. The van der Waals surface area contributed by atoms with Crippen LogP contribution in [-0.4, -0.2) is 20.2 Å². The minimum absolute atomic E-state index is 0.391. The van der Waals surface area contributed by atoms with Crippen LogP contribution in [0.4, 0.5) is 5.69 Å². The number of aromatic amines is 1. The third-order valence-corrected chi connectivity index (χ3v) is 2.64. The number of hydrogen-bond donors (Lipinski definition) is 2. The number of para-hydroxylation sites is 1. The molecule has 6 heteroatoms. The van der Waals surface area contributed by atoms with Gasteiger partial charge in [0.05, 0.1) is 6.07 Å². The zero-order valence-electron chi connectivity index (χ0n) is 9.71. The van der Waals surface area contributed by atoms with Crippen molar-refractivity contribution in [2.45, 2.75) is 12.8 Å². The van der Waals surface area contributed by atoms with Crippen molar-refractivity contribution in [3.8, 4) is 6.07 Å². The first-order valence-electron chi connectivity index (χ1n) is 5.35. The average Bonchev–Trinajstić information content (AvgIpc) is 2.78. The lowest BCUT2D eigenvalue weighted by molar-refractivity contribution is 0.955. The van der Waals surface area contributed by atoms with Crippen LogP contribution in [0.2, 0.25) is 0 Å². The van der Waals surface area contributed by atoms with Gasteiger partial charge in [0.25, 0.3) is 0 Å². The molecular weight excluding hydrogens is 246 g/mol. The molecule has 0 bridgehead atoms. The highest BCUT2D eigenvalue weighted by Gasteiger charge is 2.20. The summed E-state index contributed by atoms with van der Waals surface area (Å²) in [5.41, 5.74) is 0.843. The number of aryl methyl sites for hydroxylation is 1. The Labute approximate surface area is 110 Å². The van der Waals surface area contributed by atoms with Crippen molar-refractivity contribution in [1.29, 1.82) is 5.26 Å². The number of thiocarbonyl (C=S) groups is 1. The molecule has 0 aliphatic heterocycles. The van der Waals surface area contributed by atoms with Crippen molar-refractivity contribution >= 4 is 22.9 Å². The zero-order valence-corrected chi connectivity index (χ0v) is 10.5. The Morgan fingerprint density at radius 2 is 2.17 bits per heavy atom. The second-order valence-corrected chi connectivity index (χ2v) is 4.14. The van der Waals surface area contributed by atoms with E-state index in [4.69, 9.17) is 17.5 Å². The normalized spacial score (nSPS) is 11.6. The Morgan fingerprint density at radius 3 is 2.72 bits per heavy atom. The van der Waals surface area contributed by atoms with Crippen molar-refractivity contribution in [3.05, 3.63) is 42.0 Å². The minimum Gasteiger partial charge on any atom is -0.349 e. The highest BCUT2D eigenvalue weighted by Crippen LogP contribution is 2.15. The molecule has 5 nitrogen and oxygen atoms in total. The molecule has 0 spiro atoms. The second kappa shape index (κ2) is 5.38. The molecule has 1 heterocycles. The fourth-order valence-electron chi connectivity index (χ4n) is 1.46. The van der Waals surface area contributed by atoms with Gasteiger partial charge in [-0.25, -0.2) is 4.98 Å². The van der Waals surface area contributed by atoms with Gasteiger partial charge in [-0.3, -0.25) is 5.10 Å². The number of nitrogens with one attached hydrogen (secondary N) is 2. The average molecular weight is 257 g/mol. The predicted octanol–water partition coefficient (Wildman–Crippen LogP) is 2.16. The van der Waals surface area contributed by atoms with E-state index in [9.17, 15) is 0 Å². The van der Waals surface area contributed by atoms with Gasteiger partial charge in [0.1, 0.15) is 10.8 Å². The number of rotatable bonds is 3. The summed E-state index contributed by atoms with van der Waals surface area (Å²) in [4.78, 5) is 4.52. The molecule has 18 heavy (non-hydrogen) atoms. The smallest absolute Gasteiger partial charge is 0.174 e. The van der Waals surface area contributed by atoms with Crippen LogP contribution in [-0.2, 0) is 0 Å². The van der Waals surface area contributed by atoms with Gasteiger partial charge in [0.2, 0.25) is 0 Å². The van der Waals surface area contributed by atoms with Crippen LogP contribution >= 0.6 is 12.2 Å². The standard InChI is InChI=1S/C12H11N5S/c1-8-14-11(17-16-8)10(7-13)12(18)15-9-5-3-2-4-6-9/h2-6,10H,1H3,(H,15,18)(H,14,16,17). The maximum atomic E-state index is 9.17. The molecule has 0 saturated heterocycles. The fourth-order valence-corrected chi connectivity index (χ4v) is 1.73. The Morgan fingerprint density at radius 1 is 1.44 bits per heavy atom. The van der Waals surface area contributed by atoms with Crippen molar-refractivity contribution in [2.75, 3.05) is 5.32 Å². The van der Waals surface area contributed by atoms with E-state index in [-0.39, 0.29) is 0 Å². The van der Waals surface area contributed by atoms with Crippen LogP contribution in [0.25, 0.3) is 0 Å². The van der Waals surface area contributed by atoms with Crippen molar-refractivity contribution < 1.29 is 0 Å². The molecular formula is C12H11N5S. The molecule has 0 fully saturated rings. The number of benzene rings is 1. The molecule has 0 amide bonds. The van der Waals surface area contributed by atoms with E-state index in [0.29, 0.717) is 16.6 Å². The van der Waals surface area contributed by atoms with E-state index in [1.54, 1.807) is 6.92 Å². The van der Waals surface area contributed by atoms with Crippen LogP contribution in [0, 0.1) is 18.3 Å². The lowest BCUT2D eigenvalue weighted by Gasteiger charge is -2.10. The summed E-state index contributed by atoms with van der Waals surface area (Å²) in [6, 6.07) is 11.6. The first-order chi connectivity index (χ1) is 8.70. The highest BCUT2D eigenvalue weighted by molar-refractivity contribution is 7.80. The number of anilines is 1. The summed E-state index contributed by atoms with van der Waals surface area (Å²) < 4.78 is 0. The SMILES string of the molecule is Cc1nc(C(C#N)C(=S)Nc2ccccc2)n[nH]1. The Hall–Kier alpha value is -2.26. The van der Waals surface area contributed by atoms with Gasteiger partial charge >= 0.3 is 0 Å². The van der Waals surface area contributed by atoms with Gasteiger partial charge in [-0.1, -0.05) is 30.4 Å². The van der Waals surface area contributed by atoms with Gasteiger partial charge in [0, 0.05) is 5.69 Å². The van der Waals surface area contributed by atoms with Crippen LogP contribution in [0.5, 0.6) is 0 Å². The molecule has 2 rings (SSSR count). The Balaban J connectivity index is 2.15. The lowest BCUT2D eigenvalue weighted by atomic mass is 10.1. The van der Waals surface area contributed by atoms with Crippen molar-refractivity contribution in [1.82, 2.24) is 15.2 Å². The summed E-state index contributed by atoms with van der Waals surface area (Å²) in [7, 11) is 0. The van der Waals surface area contributed by atoms with E-state index in [1.165, 1.54) is 0 Å². The monoisotopic (exact) mass is 257 g/mol. The third kappa shape index (κ3) is 2.70. The largest absolute Gasteiger partial charge is 0.349 e. The quantitative estimate of drug-likeness (QED) is 0.824. The van der Waals surface area contributed by atoms with Gasteiger partial charge < -0.3 is 5.32 Å². The van der Waals surface area contributed by atoms with Gasteiger partial charge in [-0.05, 0) is 19.1 Å². The first kappa shape index (κ1) is 12.2. The highest BCUT2D eigenvalue weighted by atomic mass is 32.1. The van der Waals surface area contributed by atoms with Gasteiger partial charge in [-0.2, -0.15) is 10.4 Å². The number of hydrogen-bond acceptors (Lipinski definition) is 4. The lowest BCUT2D eigenvalue weighted by Crippen LogP contribution is -2.19. The molecule has 0 radical (unpaired) electrons. The molecule has 1 unspecified atom stereocenters. The number of nitrogens with zero attached hydrogens (tertiary/aromatic N) is 3. The minimum atomic E-state index is -0.648. The van der Waals surface area contributed by atoms with Crippen LogP contribution in [0.3, 0.4) is 0 Å². The summed E-state index contributed by atoms with van der Waals surface area (Å²) in [5, 5.41) is 18.8. The van der Waals surface area contributed by atoms with E-state index >= 15 is 0 Å². The Bertz CT molecular complexity index is 584. The first-order valence-corrected chi connectivity index (χ1v) is 5.76. The van der Waals surface area contributed by atoms with Crippen molar-refractivity contribution in [2.24, 2.45) is 0 Å². The number of H-pyrrole nitrogens is 1. The third-order valence-electron chi connectivity index (χ3n) is 2.31. The molecule has 1 aromatic heterocycles. The molecule has 0 aliphatic rings. The number of nitriles is 1. The molecule has 2 aromatic rings. The molecule has 90 valence electrons. The summed E-state index contributed by atoms with van der Waals surface area (Å²) in [6.45, 7) is 1.78.